The molecule has 0 saturated carbocycles. The third-order valence-corrected chi connectivity index (χ3v) is 2.84. The minimum Gasteiger partial charge on any atom is -0.480 e. The number of carboxylic acid groups (broad SMARTS) is 1. The lowest BCUT2D eigenvalue weighted by Crippen LogP contribution is -2.45. The van der Waals surface area contributed by atoms with Gasteiger partial charge in [-0.2, -0.15) is 0 Å². The van der Waals surface area contributed by atoms with E-state index in [0.717, 1.165) is 12.1 Å². The Morgan fingerprint density at radius 3 is 2.55 bits per heavy atom. The summed E-state index contributed by atoms with van der Waals surface area (Å²) < 4.78 is 13.1. The Balaban J connectivity index is 2.70. The average molecular weight is 348 g/mol. The zero-order chi connectivity index (χ0) is 15.3. The summed E-state index contributed by atoms with van der Waals surface area (Å²) in [5, 5.41) is 13.2. The lowest BCUT2D eigenvalue weighted by molar-refractivity contribution is -0.140. The molecular formula is C11H11BrFN3O4. The van der Waals surface area contributed by atoms with E-state index in [4.69, 9.17) is 10.8 Å². The summed E-state index contributed by atoms with van der Waals surface area (Å²) in [4.78, 5) is 33.1. The molecule has 7 nitrogen and oxygen atoms in total. The second-order valence-electron chi connectivity index (χ2n) is 3.78. The van der Waals surface area contributed by atoms with E-state index < -0.39 is 36.2 Å². The van der Waals surface area contributed by atoms with Crippen LogP contribution in [0, 0.1) is 5.82 Å². The second-order valence-corrected chi connectivity index (χ2v) is 4.64. The van der Waals surface area contributed by atoms with E-state index in [2.05, 4.69) is 26.6 Å². The number of carbonyl (C=O) groups excluding carboxylic acids is 2. The summed E-state index contributed by atoms with van der Waals surface area (Å²) in [7, 11) is 0. The minimum absolute atomic E-state index is 0.243. The number of nitrogens with one attached hydrogen (secondary N) is 2. The monoisotopic (exact) mass is 347 g/mol. The summed E-state index contributed by atoms with van der Waals surface area (Å²) in [5.74, 6) is -2.75. The van der Waals surface area contributed by atoms with Gasteiger partial charge < -0.3 is 21.5 Å². The molecule has 0 aliphatic heterocycles. The molecule has 0 fully saturated rings. The Hall–Kier alpha value is -2.16. The Bertz CT molecular complexity index is 552. The standard InChI is InChI=1S/C11H11BrFN3O4/c12-6-3-5(13)1-2-7(6)15-11(20)16-8(10(18)19)4-9(14)17/h1-3,8H,4H2,(H2,14,17)(H,18,19)(H2,15,16,20)/t8-/m0/s1. The number of halogens is 2. The molecule has 0 heterocycles. The van der Waals surface area contributed by atoms with Crippen molar-refractivity contribution in [2.75, 3.05) is 5.32 Å². The highest BCUT2D eigenvalue weighted by Gasteiger charge is 2.22. The highest BCUT2D eigenvalue weighted by Crippen LogP contribution is 2.22. The van der Waals surface area contributed by atoms with E-state index >= 15 is 0 Å². The van der Waals surface area contributed by atoms with Crippen LogP contribution in [0.25, 0.3) is 0 Å². The number of carboxylic acids is 1. The first-order chi connectivity index (χ1) is 9.29. The second kappa shape index (κ2) is 6.85. The molecule has 108 valence electrons. The van der Waals surface area contributed by atoms with Gasteiger partial charge in [0.1, 0.15) is 11.9 Å². The number of hydrogen-bond acceptors (Lipinski definition) is 3. The van der Waals surface area contributed by atoms with Gasteiger partial charge in [0.2, 0.25) is 5.91 Å². The van der Waals surface area contributed by atoms with E-state index in [-0.39, 0.29) is 10.2 Å². The number of hydrogen-bond donors (Lipinski definition) is 4. The van der Waals surface area contributed by atoms with E-state index in [9.17, 15) is 18.8 Å². The van der Waals surface area contributed by atoms with Gasteiger partial charge in [-0.05, 0) is 34.1 Å². The largest absolute Gasteiger partial charge is 0.480 e. The van der Waals surface area contributed by atoms with Crippen molar-refractivity contribution in [1.29, 1.82) is 0 Å². The van der Waals surface area contributed by atoms with Gasteiger partial charge in [0.25, 0.3) is 0 Å². The lowest BCUT2D eigenvalue weighted by Gasteiger charge is -2.14. The number of amides is 3. The van der Waals surface area contributed by atoms with Crippen molar-refractivity contribution >= 4 is 39.5 Å². The molecule has 1 atom stereocenters. The van der Waals surface area contributed by atoms with Crippen molar-refractivity contribution in [3.63, 3.8) is 0 Å². The Morgan fingerprint density at radius 1 is 1.40 bits per heavy atom. The van der Waals surface area contributed by atoms with Crippen molar-refractivity contribution < 1.29 is 23.9 Å². The van der Waals surface area contributed by atoms with Crippen LogP contribution in [0.3, 0.4) is 0 Å². The van der Waals surface area contributed by atoms with Crippen LogP contribution >= 0.6 is 15.9 Å². The van der Waals surface area contributed by atoms with Crippen molar-refractivity contribution in [3.8, 4) is 0 Å². The molecule has 0 aliphatic carbocycles. The van der Waals surface area contributed by atoms with Crippen LogP contribution < -0.4 is 16.4 Å². The molecule has 1 aromatic carbocycles. The normalized spacial score (nSPS) is 11.5. The smallest absolute Gasteiger partial charge is 0.326 e. The van der Waals surface area contributed by atoms with Gasteiger partial charge in [0, 0.05) is 4.47 Å². The third kappa shape index (κ3) is 4.84. The van der Waals surface area contributed by atoms with Crippen LogP contribution in [0.1, 0.15) is 6.42 Å². The summed E-state index contributed by atoms with van der Waals surface area (Å²) in [6.45, 7) is 0. The zero-order valence-corrected chi connectivity index (χ0v) is 11.6. The lowest BCUT2D eigenvalue weighted by atomic mass is 10.2. The number of nitrogens with two attached hydrogens (primary N) is 1. The molecular weight excluding hydrogens is 337 g/mol. The number of primary amides is 1. The molecule has 0 bridgehead atoms. The van der Waals surface area contributed by atoms with Gasteiger partial charge in [-0.1, -0.05) is 0 Å². The van der Waals surface area contributed by atoms with Crippen LogP contribution in [0.5, 0.6) is 0 Å². The average Bonchev–Trinajstić information content (AvgIpc) is 2.31. The fraction of sp³-hybridized carbons (Fsp3) is 0.182. The number of carbonyl (C=O) groups is 3. The molecule has 0 aliphatic rings. The zero-order valence-electron chi connectivity index (χ0n) is 10.0. The predicted octanol–water partition coefficient (Wildman–Crippen LogP) is 1.04. The Morgan fingerprint density at radius 2 is 2.05 bits per heavy atom. The van der Waals surface area contributed by atoms with E-state index in [1.807, 2.05) is 0 Å². The molecule has 0 radical (unpaired) electrons. The SMILES string of the molecule is NC(=O)C[C@H](NC(=O)Nc1ccc(F)cc1Br)C(=O)O. The molecule has 1 rings (SSSR count). The topological polar surface area (TPSA) is 122 Å². The highest BCUT2D eigenvalue weighted by atomic mass is 79.9. The molecule has 20 heavy (non-hydrogen) atoms. The summed E-state index contributed by atoms with van der Waals surface area (Å²) in [6, 6.07) is 1.26. The number of anilines is 1. The minimum atomic E-state index is -1.44. The van der Waals surface area contributed by atoms with Crippen LogP contribution in [0.2, 0.25) is 0 Å². The van der Waals surface area contributed by atoms with Crippen LogP contribution in [0.4, 0.5) is 14.9 Å². The quantitative estimate of drug-likeness (QED) is 0.635. The van der Waals surface area contributed by atoms with Crippen molar-refractivity contribution in [2.45, 2.75) is 12.5 Å². The summed E-state index contributed by atoms with van der Waals surface area (Å²) >= 11 is 3.04. The maximum Gasteiger partial charge on any atom is 0.326 e. The maximum atomic E-state index is 12.9. The van der Waals surface area contributed by atoms with E-state index in [1.54, 1.807) is 0 Å². The number of aliphatic carboxylic acids is 1. The van der Waals surface area contributed by atoms with Crippen LogP contribution in [-0.2, 0) is 9.59 Å². The molecule has 9 heteroatoms. The number of rotatable bonds is 5. The summed E-state index contributed by atoms with van der Waals surface area (Å²) in [5.41, 5.74) is 5.12. The molecule has 1 aromatic rings. The van der Waals surface area contributed by atoms with Crippen molar-refractivity contribution in [3.05, 3.63) is 28.5 Å². The van der Waals surface area contributed by atoms with Gasteiger partial charge in [-0.3, -0.25) is 4.79 Å². The molecule has 0 unspecified atom stereocenters. The fourth-order valence-corrected chi connectivity index (χ4v) is 1.76. The first kappa shape index (κ1) is 15.9. The Labute approximate surface area is 121 Å². The van der Waals surface area contributed by atoms with Crippen LogP contribution in [-0.4, -0.2) is 29.1 Å². The molecule has 0 saturated heterocycles. The molecule has 0 aromatic heterocycles. The van der Waals surface area contributed by atoms with Gasteiger partial charge in [-0.25, -0.2) is 14.0 Å². The van der Waals surface area contributed by atoms with Gasteiger partial charge in [0.15, 0.2) is 0 Å². The number of urea groups is 1. The first-order valence-corrected chi connectivity index (χ1v) is 6.12. The fourth-order valence-electron chi connectivity index (χ4n) is 1.31. The third-order valence-electron chi connectivity index (χ3n) is 2.19. The molecule has 3 amide bonds. The number of benzene rings is 1. The predicted molar refractivity (Wildman–Crippen MR) is 71.5 cm³/mol. The van der Waals surface area contributed by atoms with Crippen molar-refractivity contribution in [1.82, 2.24) is 5.32 Å². The van der Waals surface area contributed by atoms with Gasteiger partial charge in [-0.15, -0.1) is 0 Å². The van der Waals surface area contributed by atoms with Gasteiger partial charge in [0.05, 0.1) is 12.1 Å². The molecule has 0 spiro atoms. The highest BCUT2D eigenvalue weighted by molar-refractivity contribution is 9.10. The summed E-state index contributed by atoms with van der Waals surface area (Å²) in [6.07, 6.45) is -0.534. The van der Waals surface area contributed by atoms with E-state index in [1.165, 1.54) is 6.07 Å². The van der Waals surface area contributed by atoms with Gasteiger partial charge >= 0.3 is 12.0 Å². The maximum absolute atomic E-state index is 12.9. The Kier molecular flexibility index (Phi) is 5.44. The van der Waals surface area contributed by atoms with Crippen molar-refractivity contribution in [2.24, 2.45) is 5.73 Å². The van der Waals surface area contributed by atoms with Crippen LogP contribution in [0.15, 0.2) is 22.7 Å². The van der Waals surface area contributed by atoms with E-state index in [0.29, 0.717) is 0 Å². The first-order valence-electron chi connectivity index (χ1n) is 5.33. The molecule has 5 N–H and O–H groups in total.